The molecule has 0 aliphatic rings. The molecule has 0 radical (unpaired) electrons. The molecule has 2 rings (SSSR count). The third-order valence-corrected chi connectivity index (χ3v) is 2.91. The predicted octanol–water partition coefficient (Wildman–Crippen LogP) is 2.71. The zero-order valence-corrected chi connectivity index (χ0v) is 11.2. The fourth-order valence-electron chi connectivity index (χ4n) is 1.18. The average molecular weight is 253 g/mol. The number of aromatic nitrogens is 3. The minimum Gasteiger partial charge on any atom is -0.442 e. The Balaban J connectivity index is 1.98. The van der Waals surface area contributed by atoms with Crippen molar-refractivity contribution in [1.82, 2.24) is 15.1 Å². The summed E-state index contributed by atoms with van der Waals surface area (Å²) >= 11 is 1.59. The van der Waals surface area contributed by atoms with E-state index in [-0.39, 0.29) is 11.5 Å². The minimum atomic E-state index is -0.137. The SMILES string of the molecule is Cc1nc(COc2nc(C(C)(C)C)no2)cs1. The number of hydrogen-bond donors (Lipinski definition) is 0. The summed E-state index contributed by atoms with van der Waals surface area (Å²) < 4.78 is 10.4. The molecule has 6 heteroatoms. The van der Waals surface area contributed by atoms with Gasteiger partial charge in [-0.05, 0) is 6.92 Å². The van der Waals surface area contributed by atoms with Crippen molar-refractivity contribution in [3.05, 3.63) is 21.9 Å². The Morgan fingerprint density at radius 3 is 2.65 bits per heavy atom. The number of ether oxygens (including phenoxy) is 1. The van der Waals surface area contributed by atoms with Gasteiger partial charge in [0.15, 0.2) is 5.82 Å². The number of nitrogens with zero attached hydrogens (tertiary/aromatic N) is 3. The van der Waals surface area contributed by atoms with Gasteiger partial charge in [-0.3, -0.25) is 4.52 Å². The second-order valence-electron chi connectivity index (χ2n) is 4.78. The van der Waals surface area contributed by atoms with Crippen molar-refractivity contribution in [2.45, 2.75) is 39.7 Å². The van der Waals surface area contributed by atoms with Gasteiger partial charge in [-0.25, -0.2) is 4.98 Å². The van der Waals surface area contributed by atoms with Gasteiger partial charge < -0.3 is 4.74 Å². The molecule has 0 fully saturated rings. The molecule has 0 spiro atoms. The van der Waals surface area contributed by atoms with E-state index < -0.39 is 0 Å². The van der Waals surface area contributed by atoms with Gasteiger partial charge in [0.25, 0.3) is 0 Å². The Labute approximate surface area is 104 Å². The van der Waals surface area contributed by atoms with Crippen LogP contribution in [-0.4, -0.2) is 15.1 Å². The maximum absolute atomic E-state index is 5.39. The van der Waals surface area contributed by atoms with Gasteiger partial charge in [-0.15, -0.1) is 11.3 Å². The van der Waals surface area contributed by atoms with Crippen molar-refractivity contribution < 1.29 is 9.26 Å². The molecule has 0 saturated heterocycles. The van der Waals surface area contributed by atoms with Crippen LogP contribution < -0.4 is 4.74 Å². The lowest BCUT2D eigenvalue weighted by atomic mass is 9.96. The van der Waals surface area contributed by atoms with Gasteiger partial charge in [0.1, 0.15) is 6.61 Å². The lowest BCUT2D eigenvalue weighted by molar-refractivity contribution is 0.192. The maximum Gasteiger partial charge on any atom is 0.417 e. The van der Waals surface area contributed by atoms with E-state index in [1.807, 2.05) is 33.1 Å². The van der Waals surface area contributed by atoms with Crippen molar-refractivity contribution in [3.63, 3.8) is 0 Å². The van der Waals surface area contributed by atoms with Crippen LogP contribution in [0.4, 0.5) is 0 Å². The standard InChI is InChI=1S/C11H15N3O2S/c1-7-12-8(6-17-7)5-15-10-13-9(14-16-10)11(2,3)4/h6H,5H2,1-4H3. The molecule has 0 N–H and O–H groups in total. The maximum atomic E-state index is 5.39. The first-order valence-corrected chi connectivity index (χ1v) is 6.21. The molecule has 0 aliphatic heterocycles. The zero-order chi connectivity index (χ0) is 12.5. The Bertz CT molecular complexity index is 499. The van der Waals surface area contributed by atoms with Crippen molar-refractivity contribution >= 4 is 11.3 Å². The highest BCUT2D eigenvalue weighted by Gasteiger charge is 2.21. The first-order valence-electron chi connectivity index (χ1n) is 5.33. The molecule has 0 aliphatic carbocycles. The summed E-state index contributed by atoms with van der Waals surface area (Å²) in [7, 11) is 0. The van der Waals surface area contributed by atoms with Crippen LogP contribution in [0.25, 0.3) is 0 Å². The van der Waals surface area contributed by atoms with E-state index in [2.05, 4.69) is 15.1 Å². The Hall–Kier alpha value is -1.43. The second-order valence-corrected chi connectivity index (χ2v) is 5.84. The third kappa shape index (κ3) is 3.03. The molecule has 2 heterocycles. The zero-order valence-electron chi connectivity index (χ0n) is 10.4. The molecule has 2 aromatic rings. The van der Waals surface area contributed by atoms with Crippen LogP contribution in [0.5, 0.6) is 6.08 Å². The van der Waals surface area contributed by atoms with Crippen LogP contribution in [0.1, 0.15) is 37.3 Å². The van der Waals surface area contributed by atoms with Crippen LogP contribution in [0.3, 0.4) is 0 Å². The Kier molecular flexibility index (Phi) is 3.15. The normalized spacial score (nSPS) is 11.8. The molecule has 2 aromatic heterocycles. The van der Waals surface area contributed by atoms with Crippen molar-refractivity contribution in [2.75, 3.05) is 0 Å². The van der Waals surface area contributed by atoms with Gasteiger partial charge in [-0.2, -0.15) is 4.98 Å². The highest BCUT2D eigenvalue weighted by atomic mass is 32.1. The molecule has 0 atom stereocenters. The second kappa shape index (κ2) is 4.44. The smallest absolute Gasteiger partial charge is 0.417 e. The van der Waals surface area contributed by atoms with Gasteiger partial charge >= 0.3 is 6.08 Å². The largest absolute Gasteiger partial charge is 0.442 e. The van der Waals surface area contributed by atoms with Crippen molar-refractivity contribution in [1.29, 1.82) is 0 Å². The van der Waals surface area contributed by atoms with E-state index in [0.29, 0.717) is 12.4 Å². The first kappa shape index (κ1) is 12.0. The number of aryl methyl sites for hydroxylation is 1. The van der Waals surface area contributed by atoms with Gasteiger partial charge in [0.2, 0.25) is 0 Å². The molecule has 0 bridgehead atoms. The summed E-state index contributed by atoms with van der Waals surface area (Å²) in [5, 5.41) is 6.85. The Morgan fingerprint density at radius 1 is 1.35 bits per heavy atom. The van der Waals surface area contributed by atoms with Crippen molar-refractivity contribution in [2.24, 2.45) is 0 Å². The quantitative estimate of drug-likeness (QED) is 0.841. The summed E-state index contributed by atoms with van der Waals surface area (Å²) in [5.74, 6) is 0.641. The summed E-state index contributed by atoms with van der Waals surface area (Å²) in [6.45, 7) is 8.37. The van der Waals surface area contributed by atoms with Gasteiger partial charge in [-0.1, -0.05) is 25.9 Å². The van der Waals surface area contributed by atoms with E-state index in [0.717, 1.165) is 10.7 Å². The first-order chi connectivity index (χ1) is 7.95. The fourth-order valence-corrected chi connectivity index (χ4v) is 1.78. The molecule has 17 heavy (non-hydrogen) atoms. The third-order valence-electron chi connectivity index (χ3n) is 2.09. The molecule has 0 saturated carbocycles. The highest BCUT2D eigenvalue weighted by molar-refractivity contribution is 7.09. The van der Waals surface area contributed by atoms with Crippen LogP contribution in [-0.2, 0) is 12.0 Å². The predicted molar refractivity (Wildman–Crippen MR) is 64.2 cm³/mol. The van der Waals surface area contributed by atoms with Crippen LogP contribution in [0.2, 0.25) is 0 Å². The molecular formula is C11H15N3O2S. The number of rotatable bonds is 3. The summed E-state index contributed by atoms with van der Waals surface area (Å²) in [5.41, 5.74) is 0.741. The van der Waals surface area contributed by atoms with E-state index in [4.69, 9.17) is 9.26 Å². The van der Waals surface area contributed by atoms with Gasteiger partial charge in [0, 0.05) is 10.8 Å². The summed E-state index contributed by atoms with van der Waals surface area (Å²) in [6, 6.07) is 0. The fraction of sp³-hybridized carbons (Fsp3) is 0.545. The highest BCUT2D eigenvalue weighted by Crippen LogP contribution is 2.21. The Morgan fingerprint density at radius 2 is 2.12 bits per heavy atom. The monoisotopic (exact) mass is 253 g/mol. The van der Waals surface area contributed by atoms with Crippen LogP contribution in [0, 0.1) is 6.92 Å². The molecule has 0 amide bonds. The van der Waals surface area contributed by atoms with E-state index in [9.17, 15) is 0 Å². The number of thiazole rings is 1. The molecular weight excluding hydrogens is 238 g/mol. The molecule has 0 aromatic carbocycles. The van der Waals surface area contributed by atoms with Crippen LogP contribution >= 0.6 is 11.3 Å². The molecule has 92 valence electrons. The average Bonchev–Trinajstić information content (AvgIpc) is 2.82. The minimum absolute atomic E-state index is 0.137. The lowest BCUT2D eigenvalue weighted by Gasteiger charge is -2.10. The van der Waals surface area contributed by atoms with Gasteiger partial charge in [0.05, 0.1) is 10.7 Å². The molecule has 5 nitrogen and oxygen atoms in total. The summed E-state index contributed by atoms with van der Waals surface area (Å²) in [6.07, 6.45) is 0.195. The van der Waals surface area contributed by atoms with Crippen LogP contribution in [0.15, 0.2) is 9.90 Å². The van der Waals surface area contributed by atoms with E-state index in [1.165, 1.54) is 0 Å². The topological polar surface area (TPSA) is 61.0 Å². The van der Waals surface area contributed by atoms with E-state index >= 15 is 0 Å². The summed E-state index contributed by atoms with van der Waals surface area (Å²) in [4.78, 5) is 8.46. The molecule has 0 unspecified atom stereocenters. The lowest BCUT2D eigenvalue weighted by Crippen LogP contribution is -2.13. The number of hydrogen-bond acceptors (Lipinski definition) is 6. The van der Waals surface area contributed by atoms with E-state index in [1.54, 1.807) is 11.3 Å². The van der Waals surface area contributed by atoms with Crippen molar-refractivity contribution in [3.8, 4) is 6.08 Å².